The zero-order valence-corrected chi connectivity index (χ0v) is 8.45. The Kier molecular flexibility index (Phi) is 6.36. The molecule has 0 saturated heterocycles. The van der Waals surface area contributed by atoms with E-state index in [1.165, 1.54) is 0 Å². The first-order chi connectivity index (χ1) is 6.61. The van der Waals surface area contributed by atoms with E-state index < -0.39 is 6.04 Å². The predicted octanol–water partition coefficient (Wildman–Crippen LogP) is -0.538. The maximum atomic E-state index is 11.3. The van der Waals surface area contributed by atoms with E-state index in [1.807, 2.05) is 13.8 Å². The van der Waals surface area contributed by atoms with Crippen molar-refractivity contribution < 1.29 is 14.4 Å². The minimum absolute atomic E-state index is 0.0199. The highest BCUT2D eigenvalue weighted by Crippen LogP contribution is 2.03. The molecule has 1 atom stereocenters. The van der Waals surface area contributed by atoms with Crippen LogP contribution in [0.3, 0.4) is 0 Å². The van der Waals surface area contributed by atoms with E-state index in [-0.39, 0.29) is 12.5 Å². The lowest BCUT2D eigenvalue weighted by molar-refractivity contribution is -0.126. The quantitative estimate of drug-likeness (QED) is 0.542. The third-order valence-corrected chi connectivity index (χ3v) is 1.65. The van der Waals surface area contributed by atoms with Gasteiger partial charge in [0.15, 0.2) is 0 Å². The summed E-state index contributed by atoms with van der Waals surface area (Å²) in [4.78, 5) is 31.6. The second-order valence-electron chi connectivity index (χ2n) is 3.38. The molecule has 1 unspecified atom stereocenters. The molecule has 0 aliphatic carbocycles. The van der Waals surface area contributed by atoms with Gasteiger partial charge in [0, 0.05) is 0 Å². The molecule has 2 amide bonds. The number of nitrogens with one attached hydrogen (secondary N) is 2. The third kappa shape index (κ3) is 5.29. The minimum atomic E-state index is -0.549. The molecule has 0 rings (SSSR count). The highest BCUT2D eigenvalue weighted by molar-refractivity contribution is 5.84. The zero-order chi connectivity index (χ0) is 11.0. The summed E-state index contributed by atoms with van der Waals surface area (Å²) in [5, 5.41) is 4.81. The van der Waals surface area contributed by atoms with Crippen LogP contribution in [0, 0.1) is 5.92 Å². The monoisotopic (exact) mass is 200 g/mol. The van der Waals surface area contributed by atoms with Crippen molar-refractivity contribution >= 4 is 18.6 Å². The van der Waals surface area contributed by atoms with Gasteiger partial charge in [0.1, 0.15) is 12.3 Å². The average Bonchev–Trinajstić information content (AvgIpc) is 2.13. The molecule has 5 nitrogen and oxygen atoms in total. The Morgan fingerprint density at radius 1 is 1.36 bits per heavy atom. The summed E-state index contributed by atoms with van der Waals surface area (Å²) < 4.78 is 0. The Labute approximate surface area is 83.2 Å². The summed E-state index contributed by atoms with van der Waals surface area (Å²) in [6.07, 6.45) is 1.65. The average molecular weight is 200 g/mol. The fraction of sp³-hybridized carbons (Fsp3) is 0.667. The van der Waals surface area contributed by atoms with Gasteiger partial charge in [-0.15, -0.1) is 0 Å². The number of aldehydes is 1. The molecule has 0 spiro atoms. The number of carbonyl (C=O) groups is 3. The molecule has 2 N–H and O–H groups in total. The lowest BCUT2D eigenvalue weighted by atomic mass is 10.0. The van der Waals surface area contributed by atoms with Crippen LogP contribution in [0.5, 0.6) is 0 Å². The van der Waals surface area contributed by atoms with Gasteiger partial charge in [-0.05, 0) is 12.3 Å². The van der Waals surface area contributed by atoms with Crippen molar-refractivity contribution in [3.8, 4) is 0 Å². The maximum Gasteiger partial charge on any atom is 0.242 e. The van der Waals surface area contributed by atoms with Crippen molar-refractivity contribution in [2.45, 2.75) is 26.3 Å². The van der Waals surface area contributed by atoms with Gasteiger partial charge >= 0.3 is 0 Å². The molecule has 5 heteroatoms. The fourth-order valence-electron chi connectivity index (χ4n) is 1.07. The van der Waals surface area contributed by atoms with Crippen molar-refractivity contribution in [3.63, 3.8) is 0 Å². The molecule has 80 valence electrons. The molecule has 0 aromatic rings. The number of rotatable bonds is 7. The maximum absolute atomic E-state index is 11.3. The first kappa shape index (κ1) is 12.6. The molecule has 0 saturated carbocycles. The molecule has 0 bridgehead atoms. The molecular weight excluding hydrogens is 184 g/mol. The van der Waals surface area contributed by atoms with E-state index in [0.717, 1.165) is 0 Å². The van der Waals surface area contributed by atoms with Crippen LogP contribution >= 0.6 is 0 Å². The summed E-state index contributed by atoms with van der Waals surface area (Å²) in [7, 11) is 0. The van der Waals surface area contributed by atoms with Crippen LogP contribution in [0.25, 0.3) is 0 Å². The molecule has 0 heterocycles. The van der Waals surface area contributed by atoms with Crippen LogP contribution in [0.4, 0.5) is 0 Å². The largest absolute Gasteiger partial charge is 0.348 e. The predicted molar refractivity (Wildman–Crippen MR) is 51.5 cm³/mol. The lowest BCUT2D eigenvalue weighted by Gasteiger charge is -2.16. The molecule has 0 aliphatic rings. The molecule has 0 aromatic carbocycles. The second-order valence-corrected chi connectivity index (χ2v) is 3.38. The molecule has 0 radical (unpaired) electrons. The first-order valence-corrected chi connectivity index (χ1v) is 4.52. The van der Waals surface area contributed by atoms with Gasteiger partial charge in [-0.3, -0.25) is 9.59 Å². The standard InChI is InChI=1S/C9H16N2O3/c1-7(2)5-8(11-6-13)9(14)10-3-4-12/h4,6-8H,3,5H2,1-2H3,(H,10,14)(H,11,13). The highest BCUT2D eigenvalue weighted by Gasteiger charge is 2.17. The molecule has 14 heavy (non-hydrogen) atoms. The highest BCUT2D eigenvalue weighted by atomic mass is 16.2. The van der Waals surface area contributed by atoms with Gasteiger partial charge in [-0.2, -0.15) is 0 Å². The van der Waals surface area contributed by atoms with Crippen molar-refractivity contribution in [2.24, 2.45) is 5.92 Å². The van der Waals surface area contributed by atoms with Crippen molar-refractivity contribution in [2.75, 3.05) is 6.54 Å². The Morgan fingerprint density at radius 2 is 2.00 bits per heavy atom. The van der Waals surface area contributed by atoms with Crippen molar-refractivity contribution in [3.05, 3.63) is 0 Å². The molecule has 0 aliphatic heterocycles. The van der Waals surface area contributed by atoms with Crippen molar-refractivity contribution in [1.29, 1.82) is 0 Å². The van der Waals surface area contributed by atoms with Crippen LogP contribution in [0.15, 0.2) is 0 Å². The Balaban J connectivity index is 4.09. The van der Waals surface area contributed by atoms with E-state index in [0.29, 0.717) is 25.0 Å². The van der Waals surface area contributed by atoms with Crippen LogP contribution in [0.2, 0.25) is 0 Å². The molecular formula is C9H16N2O3. The van der Waals surface area contributed by atoms with Gasteiger partial charge in [-0.25, -0.2) is 0 Å². The van der Waals surface area contributed by atoms with Gasteiger partial charge in [0.25, 0.3) is 0 Å². The fourth-order valence-corrected chi connectivity index (χ4v) is 1.07. The second kappa shape index (κ2) is 7.06. The van der Waals surface area contributed by atoms with Crippen LogP contribution in [0.1, 0.15) is 20.3 Å². The summed E-state index contributed by atoms with van der Waals surface area (Å²) >= 11 is 0. The topological polar surface area (TPSA) is 75.3 Å². The number of carbonyl (C=O) groups excluding carboxylic acids is 3. The van der Waals surface area contributed by atoms with E-state index >= 15 is 0 Å². The molecule has 0 fully saturated rings. The number of amides is 2. The van der Waals surface area contributed by atoms with Crippen LogP contribution in [-0.4, -0.2) is 31.2 Å². The number of hydrogen-bond acceptors (Lipinski definition) is 3. The van der Waals surface area contributed by atoms with E-state index in [4.69, 9.17) is 0 Å². The number of hydrogen-bond donors (Lipinski definition) is 2. The Morgan fingerprint density at radius 3 is 2.43 bits per heavy atom. The summed E-state index contributed by atoms with van der Waals surface area (Å²) in [6.45, 7) is 3.88. The Hall–Kier alpha value is -1.39. The molecule has 0 aromatic heterocycles. The van der Waals surface area contributed by atoms with E-state index in [2.05, 4.69) is 10.6 Å². The van der Waals surface area contributed by atoms with Gasteiger partial charge in [0.05, 0.1) is 6.54 Å². The summed E-state index contributed by atoms with van der Waals surface area (Å²) in [5.74, 6) is -0.0210. The zero-order valence-electron chi connectivity index (χ0n) is 8.45. The first-order valence-electron chi connectivity index (χ1n) is 4.52. The third-order valence-electron chi connectivity index (χ3n) is 1.65. The summed E-state index contributed by atoms with van der Waals surface area (Å²) in [5.41, 5.74) is 0. The van der Waals surface area contributed by atoms with Gasteiger partial charge in [0.2, 0.25) is 12.3 Å². The normalized spacial score (nSPS) is 11.9. The van der Waals surface area contributed by atoms with Gasteiger partial charge < -0.3 is 15.4 Å². The smallest absolute Gasteiger partial charge is 0.242 e. The van der Waals surface area contributed by atoms with E-state index in [1.54, 1.807) is 0 Å². The minimum Gasteiger partial charge on any atom is -0.348 e. The summed E-state index contributed by atoms with van der Waals surface area (Å²) in [6, 6.07) is -0.549. The van der Waals surface area contributed by atoms with Crippen molar-refractivity contribution in [1.82, 2.24) is 10.6 Å². The Bertz CT molecular complexity index is 204. The SMILES string of the molecule is CC(C)CC(NC=O)C(=O)NCC=O. The van der Waals surface area contributed by atoms with Crippen LogP contribution < -0.4 is 10.6 Å². The lowest BCUT2D eigenvalue weighted by Crippen LogP contribution is -2.44. The van der Waals surface area contributed by atoms with Gasteiger partial charge in [-0.1, -0.05) is 13.8 Å². The van der Waals surface area contributed by atoms with Crippen LogP contribution in [-0.2, 0) is 14.4 Å². The van der Waals surface area contributed by atoms with E-state index in [9.17, 15) is 14.4 Å².